The first-order valence-electron chi connectivity index (χ1n) is 6.35. The predicted octanol–water partition coefficient (Wildman–Crippen LogP) is 1.33. The highest BCUT2D eigenvalue weighted by Gasteiger charge is 2.08. The van der Waals surface area contributed by atoms with E-state index in [-0.39, 0.29) is 23.6 Å². The quantitative estimate of drug-likeness (QED) is 0.610. The number of methoxy groups -OCH3 is 1. The summed E-state index contributed by atoms with van der Waals surface area (Å²) in [7, 11) is 1.63. The summed E-state index contributed by atoms with van der Waals surface area (Å²) in [6.45, 7) is 0.849. The van der Waals surface area contributed by atoms with Gasteiger partial charge in [0.25, 0.3) is 5.91 Å². The van der Waals surface area contributed by atoms with Gasteiger partial charge in [0.2, 0.25) is 0 Å². The van der Waals surface area contributed by atoms with Crippen LogP contribution in [0.15, 0.2) is 18.2 Å². The van der Waals surface area contributed by atoms with E-state index in [2.05, 4.69) is 17.2 Å². The second-order valence-electron chi connectivity index (χ2n) is 4.11. The smallest absolute Gasteiger partial charge is 0.251 e. The molecule has 1 rings (SSSR count). The molecule has 0 aliphatic carbocycles. The molecule has 108 valence electrons. The monoisotopic (exact) mass is 279 g/mol. The average Bonchev–Trinajstić information content (AvgIpc) is 2.45. The van der Waals surface area contributed by atoms with Gasteiger partial charge in [-0.05, 0) is 31.0 Å². The summed E-state index contributed by atoms with van der Waals surface area (Å²) >= 11 is 0. The molecule has 0 atom stereocenters. The second-order valence-corrected chi connectivity index (χ2v) is 4.11. The van der Waals surface area contributed by atoms with Crippen molar-refractivity contribution < 1.29 is 19.0 Å². The van der Waals surface area contributed by atoms with Gasteiger partial charge in [0.15, 0.2) is 0 Å². The summed E-state index contributed by atoms with van der Waals surface area (Å²) in [5.74, 6) is 3.95. The van der Waals surface area contributed by atoms with Crippen LogP contribution in [-0.2, 0) is 4.74 Å². The summed E-state index contributed by atoms with van der Waals surface area (Å²) in [5.41, 5.74) is 0.416. The maximum absolute atomic E-state index is 13.6. The van der Waals surface area contributed by atoms with Gasteiger partial charge >= 0.3 is 0 Å². The maximum Gasteiger partial charge on any atom is 0.251 e. The van der Waals surface area contributed by atoms with Gasteiger partial charge in [0.1, 0.15) is 12.4 Å². The minimum Gasteiger partial charge on any atom is -0.385 e. The Balaban J connectivity index is 2.54. The topological polar surface area (TPSA) is 58.6 Å². The molecule has 0 aliphatic rings. The number of carbonyl (C=O) groups excluding carboxylic acids is 1. The Morgan fingerprint density at radius 1 is 1.45 bits per heavy atom. The first-order valence-corrected chi connectivity index (χ1v) is 6.35. The van der Waals surface area contributed by atoms with Crippen LogP contribution in [-0.4, -0.2) is 37.9 Å². The number of ether oxygens (including phenoxy) is 1. The molecule has 5 heteroatoms. The number of carbonyl (C=O) groups is 1. The number of nitrogens with one attached hydrogen (secondary N) is 1. The predicted molar refractivity (Wildman–Crippen MR) is 73.8 cm³/mol. The number of hydrogen-bond donors (Lipinski definition) is 2. The molecule has 0 radical (unpaired) electrons. The van der Waals surface area contributed by atoms with Gasteiger partial charge in [-0.2, -0.15) is 0 Å². The Bertz CT molecular complexity index is 506. The fourth-order valence-corrected chi connectivity index (χ4v) is 1.57. The normalized spacial score (nSPS) is 9.75. The van der Waals surface area contributed by atoms with Crippen LogP contribution in [0, 0.1) is 17.7 Å². The highest BCUT2D eigenvalue weighted by atomic mass is 19.1. The molecule has 0 saturated carbocycles. The lowest BCUT2D eigenvalue weighted by atomic mass is 10.1. The Labute approximate surface area is 117 Å². The van der Waals surface area contributed by atoms with E-state index in [1.54, 1.807) is 7.11 Å². The van der Waals surface area contributed by atoms with Crippen molar-refractivity contribution in [2.45, 2.75) is 12.8 Å². The first-order chi connectivity index (χ1) is 9.69. The van der Waals surface area contributed by atoms with E-state index >= 15 is 0 Å². The van der Waals surface area contributed by atoms with Crippen LogP contribution in [0.3, 0.4) is 0 Å². The molecule has 0 fully saturated rings. The minimum absolute atomic E-state index is 0.163. The van der Waals surface area contributed by atoms with Crippen LogP contribution in [0.5, 0.6) is 0 Å². The molecule has 1 aromatic rings. The zero-order chi connectivity index (χ0) is 14.8. The number of hydrogen-bond acceptors (Lipinski definition) is 3. The third kappa shape index (κ3) is 5.39. The molecule has 2 N–H and O–H groups in total. The number of rotatable bonds is 6. The standard InChI is InChI=1S/C15H18FNO3/c1-20-10-3-2-8-17-15(19)13-7-6-12(5-4-9-18)14(16)11-13/h6-7,11,18H,2-3,8-10H2,1H3,(H,17,19). The molecule has 0 heterocycles. The van der Waals surface area contributed by atoms with Crippen LogP contribution in [0.25, 0.3) is 0 Å². The van der Waals surface area contributed by atoms with Gasteiger partial charge in [-0.3, -0.25) is 4.79 Å². The van der Waals surface area contributed by atoms with E-state index in [1.807, 2.05) is 0 Å². The van der Waals surface area contributed by atoms with Gasteiger partial charge in [0, 0.05) is 25.8 Å². The van der Waals surface area contributed by atoms with Crippen LogP contribution >= 0.6 is 0 Å². The van der Waals surface area contributed by atoms with E-state index in [9.17, 15) is 9.18 Å². The molecule has 4 nitrogen and oxygen atoms in total. The van der Waals surface area contributed by atoms with E-state index in [4.69, 9.17) is 9.84 Å². The molecule has 0 saturated heterocycles. The van der Waals surface area contributed by atoms with Gasteiger partial charge in [-0.1, -0.05) is 11.8 Å². The van der Waals surface area contributed by atoms with E-state index in [1.165, 1.54) is 12.1 Å². The molecule has 0 aliphatic heterocycles. The molecule has 0 spiro atoms. The fraction of sp³-hybridized carbons (Fsp3) is 0.400. The molecule has 0 aromatic heterocycles. The van der Waals surface area contributed by atoms with Crippen molar-refractivity contribution in [2.24, 2.45) is 0 Å². The maximum atomic E-state index is 13.6. The lowest BCUT2D eigenvalue weighted by Gasteiger charge is -2.05. The Kier molecular flexibility index (Phi) is 7.33. The summed E-state index contributed by atoms with van der Waals surface area (Å²) < 4.78 is 18.5. The number of aliphatic hydroxyl groups excluding tert-OH is 1. The van der Waals surface area contributed by atoms with Crippen LogP contribution in [0.1, 0.15) is 28.8 Å². The summed E-state index contributed by atoms with van der Waals surface area (Å²) in [5, 5.41) is 11.3. The number of amides is 1. The van der Waals surface area contributed by atoms with Gasteiger partial charge in [-0.25, -0.2) is 4.39 Å². The average molecular weight is 279 g/mol. The van der Waals surface area contributed by atoms with Crippen molar-refractivity contribution in [1.29, 1.82) is 0 Å². The van der Waals surface area contributed by atoms with E-state index in [0.717, 1.165) is 18.9 Å². The van der Waals surface area contributed by atoms with Crippen LogP contribution in [0.4, 0.5) is 4.39 Å². The molecular formula is C15H18FNO3. The molecular weight excluding hydrogens is 261 g/mol. The van der Waals surface area contributed by atoms with Crippen molar-refractivity contribution in [3.05, 3.63) is 35.1 Å². The van der Waals surface area contributed by atoms with Crippen molar-refractivity contribution in [3.8, 4) is 11.8 Å². The number of unbranched alkanes of at least 4 members (excludes halogenated alkanes) is 1. The molecule has 1 amide bonds. The third-order valence-electron chi connectivity index (χ3n) is 2.59. The minimum atomic E-state index is -0.571. The molecule has 0 unspecified atom stereocenters. The number of halogens is 1. The Hall–Kier alpha value is -1.90. The summed E-state index contributed by atoms with van der Waals surface area (Å²) in [6.07, 6.45) is 1.67. The number of aliphatic hydroxyl groups is 1. The lowest BCUT2D eigenvalue weighted by Crippen LogP contribution is -2.24. The van der Waals surface area contributed by atoms with E-state index in [0.29, 0.717) is 13.2 Å². The molecule has 1 aromatic carbocycles. The molecule has 20 heavy (non-hydrogen) atoms. The zero-order valence-corrected chi connectivity index (χ0v) is 11.4. The highest BCUT2D eigenvalue weighted by Crippen LogP contribution is 2.09. The lowest BCUT2D eigenvalue weighted by molar-refractivity contribution is 0.0951. The number of benzene rings is 1. The zero-order valence-electron chi connectivity index (χ0n) is 11.4. The highest BCUT2D eigenvalue weighted by molar-refractivity contribution is 5.94. The Morgan fingerprint density at radius 2 is 2.25 bits per heavy atom. The Morgan fingerprint density at radius 3 is 2.90 bits per heavy atom. The van der Waals surface area contributed by atoms with Crippen LogP contribution in [0.2, 0.25) is 0 Å². The van der Waals surface area contributed by atoms with Gasteiger partial charge in [0.05, 0.1) is 5.56 Å². The summed E-state index contributed by atoms with van der Waals surface area (Å²) in [6, 6.07) is 4.08. The summed E-state index contributed by atoms with van der Waals surface area (Å²) in [4.78, 5) is 11.8. The van der Waals surface area contributed by atoms with Crippen molar-refractivity contribution in [3.63, 3.8) is 0 Å². The fourth-order valence-electron chi connectivity index (χ4n) is 1.57. The SMILES string of the molecule is COCCCCNC(=O)c1ccc(C#CCO)c(F)c1. The van der Waals surface area contributed by atoms with E-state index < -0.39 is 5.82 Å². The van der Waals surface area contributed by atoms with Crippen LogP contribution < -0.4 is 5.32 Å². The van der Waals surface area contributed by atoms with Crippen molar-refractivity contribution >= 4 is 5.91 Å². The van der Waals surface area contributed by atoms with Crippen molar-refractivity contribution in [2.75, 3.05) is 26.9 Å². The second kappa shape index (κ2) is 9.08. The largest absolute Gasteiger partial charge is 0.385 e. The van der Waals surface area contributed by atoms with Crippen molar-refractivity contribution in [1.82, 2.24) is 5.32 Å². The van der Waals surface area contributed by atoms with Gasteiger partial charge in [-0.15, -0.1) is 0 Å². The third-order valence-corrected chi connectivity index (χ3v) is 2.59. The molecule has 0 bridgehead atoms. The van der Waals surface area contributed by atoms with Gasteiger partial charge < -0.3 is 15.2 Å². The first kappa shape index (κ1) is 16.2.